The van der Waals surface area contributed by atoms with E-state index in [1.165, 1.54) is 12.1 Å². The molecule has 6 heteroatoms. The van der Waals surface area contributed by atoms with E-state index in [0.717, 1.165) is 5.56 Å². The SMILES string of the molecule is NCC1(c2ccc(SC(F)(F)F)cc2)CC(O)C1. The average Bonchev–Trinajstić information content (AvgIpc) is 2.23. The molecule has 2 nitrogen and oxygen atoms in total. The van der Waals surface area contributed by atoms with Crippen molar-refractivity contribution in [1.82, 2.24) is 0 Å². The second kappa shape index (κ2) is 4.75. The van der Waals surface area contributed by atoms with Crippen molar-refractivity contribution in [3.8, 4) is 0 Å². The van der Waals surface area contributed by atoms with Gasteiger partial charge in [-0.15, -0.1) is 0 Å². The Bertz CT molecular complexity index is 412. The number of nitrogens with two attached hydrogens (primary N) is 1. The molecule has 3 N–H and O–H groups in total. The third-order valence-corrected chi connectivity index (χ3v) is 4.08. The largest absolute Gasteiger partial charge is 0.446 e. The van der Waals surface area contributed by atoms with Crippen LogP contribution in [0.2, 0.25) is 0 Å². The number of halogens is 3. The van der Waals surface area contributed by atoms with Crippen molar-refractivity contribution in [2.75, 3.05) is 6.54 Å². The predicted octanol–water partition coefficient (Wildman–Crippen LogP) is 2.65. The van der Waals surface area contributed by atoms with E-state index < -0.39 is 5.51 Å². The van der Waals surface area contributed by atoms with E-state index in [1.54, 1.807) is 12.1 Å². The maximum absolute atomic E-state index is 12.2. The Morgan fingerprint density at radius 2 is 1.83 bits per heavy atom. The highest BCUT2D eigenvalue weighted by molar-refractivity contribution is 8.00. The molecule has 0 aliphatic heterocycles. The minimum Gasteiger partial charge on any atom is -0.393 e. The van der Waals surface area contributed by atoms with Crippen LogP contribution in [-0.2, 0) is 5.41 Å². The zero-order valence-electron chi connectivity index (χ0n) is 9.57. The summed E-state index contributed by atoms with van der Waals surface area (Å²) in [5.74, 6) is 0. The molecule has 1 saturated carbocycles. The highest BCUT2D eigenvalue weighted by Crippen LogP contribution is 2.44. The Hall–Kier alpha value is -0.720. The fourth-order valence-corrected chi connectivity index (χ4v) is 2.91. The van der Waals surface area contributed by atoms with Gasteiger partial charge in [0, 0.05) is 16.9 Å². The summed E-state index contributed by atoms with van der Waals surface area (Å²) in [6.07, 6.45) is 0.808. The molecule has 0 saturated heterocycles. The number of alkyl halides is 3. The van der Waals surface area contributed by atoms with Crippen LogP contribution >= 0.6 is 11.8 Å². The lowest BCUT2D eigenvalue weighted by atomic mass is 9.63. The molecule has 0 bridgehead atoms. The summed E-state index contributed by atoms with van der Waals surface area (Å²) in [6.45, 7) is 0.399. The van der Waals surface area contributed by atoms with Crippen LogP contribution in [-0.4, -0.2) is 23.3 Å². The second-order valence-corrected chi connectivity index (χ2v) is 5.76. The number of aliphatic hydroxyl groups is 1. The zero-order chi connectivity index (χ0) is 13.4. The maximum Gasteiger partial charge on any atom is 0.446 e. The molecule has 1 aliphatic rings. The Balaban J connectivity index is 2.12. The standard InChI is InChI=1S/C12H14F3NOS/c13-12(14,15)18-10-3-1-8(2-4-10)11(7-16)5-9(17)6-11/h1-4,9,17H,5-7,16H2. The Morgan fingerprint density at radius 3 is 2.22 bits per heavy atom. The van der Waals surface area contributed by atoms with Gasteiger partial charge in [0.15, 0.2) is 0 Å². The molecule has 0 aromatic heterocycles. The van der Waals surface area contributed by atoms with Gasteiger partial charge in [-0.1, -0.05) is 12.1 Å². The van der Waals surface area contributed by atoms with Crippen molar-refractivity contribution in [3.05, 3.63) is 29.8 Å². The molecule has 0 spiro atoms. The number of thioether (sulfide) groups is 1. The van der Waals surface area contributed by atoms with E-state index in [2.05, 4.69) is 0 Å². The van der Waals surface area contributed by atoms with Crippen LogP contribution in [0.1, 0.15) is 18.4 Å². The van der Waals surface area contributed by atoms with Crippen molar-refractivity contribution >= 4 is 11.8 Å². The molecule has 100 valence electrons. The number of benzene rings is 1. The van der Waals surface area contributed by atoms with Gasteiger partial charge in [-0.05, 0) is 42.3 Å². The summed E-state index contributed by atoms with van der Waals surface area (Å²) >= 11 is -0.127. The van der Waals surface area contributed by atoms with Crippen LogP contribution in [0.5, 0.6) is 0 Å². The zero-order valence-corrected chi connectivity index (χ0v) is 10.4. The van der Waals surface area contributed by atoms with Gasteiger partial charge in [0.05, 0.1) is 6.10 Å². The molecule has 0 heterocycles. The first-order chi connectivity index (χ1) is 8.35. The quantitative estimate of drug-likeness (QED) is 0.835. The third-order valence-electron chi connectivity index (χ3n) is 3.34. The van der Waals surface area contributed by atoms with Crippen molar-refractivity contribution in [2.24, 2.45) is 5.73 Å². The van der Waals surface area contributed by atoms with Gasteiger partial charge < -0.3 is 10.8 Å². The molecule has 1 aliphatic carbocycles. The van der Waals surface area contributed by atoms with Crippen LogP contribution in [0.4, 0.5) is 13.2 Å². The minimum absolute atomic E-state index is 0.127. The molecule has 1 aromatic carbocycles. The molecule has 0 atom stereocenters. The van der Waals surface area contributed by atoms with Gasteiger partial charge in [-0.25, -0.2) is 0 Å². The summed E-state index contributed by atoms with van der Waals surface area (Å²) in [7, 11) is 0. The van der Waals surface area contributed by atoms with Crippen LogP contribution in [0.15, 0.2) is 29.2 Å². The van der Waals surface area contributed by atoms with Crippen molar-refractivity contribution in [2.45, 2.75) is 34.8 Å². The first-order valence-corrected chi connectivity index (χ1v) is 6.41. The van der Waals surface area contributed by atoms with Crippen molar-refractivity contribution in [1.29, 1.82) is 0 Å². The highest BCUT2D eigenvalue weighted by Gasteiger charge is 2.43. The summed E-state index contributed by atoms with van der Waals surface area (Å²) in [4.78, 5) is 0.165. The van der Waals surface area contributed by atoms with E-state index in [0.29, 0.717) is 19.4 Å². The topological polar surface area (TPSA) is 46.2 Å². The average molecular weight is 277 g/mol. The highest BCUT2D eigenvalue weighted by atomic mass is 32.2. The maximum atomic E-state index is 12.2. The van der Waals surface area contributed by atoms with Crippen LogP contribution in [0, 0.1) is 0 Å². The molecular formula is C12H14F3NOS. The molecule has 0 amide bonds. The first-order valence-electron chi connectivity index (χ1n) is 5.59. The lowest BCUT2D eigenvalue weighted by Gasteiger charge is -2.45. The van der Waals surface area contributed by atoms with E-state index in [9.17, 15) is 18.3 Å². The van der Waals surface area contributed by atoms with E-state index in [1.807, 2.05) is 0 Å². The number of hydrogen-bond donors (Lipinski definition) is 2. The fourth-order valence-electron chi connectivity index (χ4n) is 2.37. The molecule has 0 unspecified atom stereocenters. The van der Waals surface area contributed by atoms with Gasteiger partial charge in [-0.2, -0.15) is 13.2 Å². The van der Waals surface area contributed by atoms with Gasteiger partial charge in [0.2, 0.25) is 0 Å². The van der Waals surface area contributed by atoms with E-state index in [-0.39, 0.29) is 28.2 Å². The monoisotopic (exact) mass is 277 g/mol. The Morgan fingerprint density at radius 1 is 1.28 bits per heavy atom. The molecule has 2 rings (SSSR count). The van der Waals surface area contributed by atoms with Gasteiger partial charge in [-0.3, -0.25) is 0 Å². The normalized spacial score (nSPS) is 27.9. The summed E-state index contributed by atoms with van der Waals surface area (Å²) in [5, 5.41) is 9.37. The lowest BCUT2D eigenvalue weighted by molar-refractivity contribution is -0.0328. The minimum atomic E-state index is -4.26. The Labute approximate surface area is 107 Å². The second-order valence-electron chi connectivity index (χ2n) is 4.62. The molecule has 0 radical (unpaired) electrons. The molecule has 1 fully saturated rings. The lowest BCUT2D eigenvalue weighted by Crippen LogP contribution is -2.49. The molecular weight excluding hydrogens is 263 g/mol. The van der Waals surface area contributed by atoms with E-state index in [4.69, 9.17) is 5.73 Å². The Kier molecular flexibility index (Phi) is 3.62. The van der Waals surface area contributed by atoms with Gasteiger partial charge >= 0.3 is 5.51 Å². The summed E-state index contributed by atoms with van der Waals surface area (Å²) in [6, 6.07) is 6.25. The summed E-state index contributed by atoms with van der Waals surface area (Å²) in [5.41, 5.74) is 2.08. The molecule has 1 aromatic rings. The van der Waals surface area contributed by atoms with Crippen molar-refractivity contribution in [3.63, 3.8) is 0 Å². The summed E-state index contributed by atoms with van der Waals surface area (Å²) < 4.78 is 36.5. The number of hydrogen-bond acceptors (Lipinski definition) is 3. The van der Waals surface area contributed by atoms with E-state index >= 15 is 0 Å². The van der Waals surface area contributed by atoms with Gasteiger partial charge in [0.1, 0.15) is 0 Å². The van der Waals surface area contributed by atoms with Gasteiger partial charge in [0.25, 0.3) is 0 Å². The van der Waals surface area contributed by atoms with Crippen LogP contribution in [0.3, 0.4) is 0 Å². The number of rotatable bonds is 3. The third kappa shape index (κ3) is 2.81. The van der Waals surface area contributed by atoms with Crippen LogP contribution in [0.25, 0.3) is 0 Å². The first kappa shape index (κ1) is 13.7. The van der Waals surface area contributed by atoms with Crippen LogP contribution < -0.4 is 5.73 Å². The van der Waals surface area contributed by atoms with Crippen molar-refractivity contribution < 1.29 is 18.3 Å². The smallest absolute Gasteiger partial charge is 0.393 e. The number of aliphatic hydroxyl groups excluding tert-OH is 1. The predicted molar refractivity (Wildman–Crippen MR) is 64.3 cm³/mol. The molecule has 18 heavy (non-hydrogen) atoms. The fraction of sp³-hybridized carbons (Fsp3) is 0.500.